The van der Waals surface area contributed by atoms with E-state index < -0.39 is 5.97 Å². The van der Waals surface area contributed by atoms with Crippen LogP contribution in [0.5, 0.6) is 0 Å². The second-order valence-corrected chi connectivity index (χ2v) is 4.51. The average molecular weight is 253 g/mol. The largest absolute Gasteiger partial charge is 0.460 e. The molecule has 0 bridgehead atoms. The van der Waals surface area contributed by atoms with E-state index in [9.17, 15) is 4.79 Å². The van der Waals surface area contributed by atoms with Crippen LogP contribution in [0.3, 0.4) is 0 Å². The molecular formula is C12H19N3O3. The monoisotopic (exact) mass is 253 g/mol. The van der Waals surface area contributed by atoms with E-state index in [0.717, 1.165) is 32.2 Å². The quantitative estimate of drug-likeness (QED) is 0.803. The van der Waals surface area contributed by atoms with Crippen molar-refractivity contribution in [2.24, 2.45) is 0 Å². The zero-order chi connectivity index (χ0) is 13.0. The Labute approximate surface area is 106 Å². The van der Waals surface area contributed by atoms with E-state index in [4.69, 9.17) is 9.26 Å². The normalized spacial score (nSPS) is 23.2. The smallest absolute Gasteiger partial charge is 0.379 e. The van der Waals surface area contributed by atoms with Crippen LogP contribution in [-0.4, -0.2) is 29.3 Å². The van der Waals surface area contributed by atoms with Crippen LogP contribution in [0.4, 0.5) is 0 Å². The third-order valence-electron chi connectivity index (χ3n) is 3.21. The Morgan fingerprint density at radius 2 is 2.39 bits per heavy atom. The molecule has 6 heteroatoms. The van der Waals surface area contributed by atoms with Crippen molar-refractivity contribution in [3.05, 3.63) is 11.7 Å². The van der Waals surface area contributed by atoms with Gasteiger partial charge in [0.2, 0.25) is 5.89 Å². The van der Waals surface area contributed by atoms with Gasteiger partial charge in [0, 0.05) is 0 Å². The maximum atomic E-state index is 11.5. The lowest BCUT2D eigenvalue weighted by Gasteiger charge is -2.24. The summed E-state index contributed by atoms with van der Waals surface area (Å²) >= 11 is 0. The van der Waals surface area contributed by atoms with E-state index >= 15 is 0 Å². The van der Waals surface area contributed by atoms with E-state index in [1.807, 2.05) is 0 Å². The minimum Gasteiger partial charge on any atom is -0.460 e. The van der Waals surface area contributed by atoms with Gasteiger partial charge in [-0.2, -0.15) is 4.98 Å². The summed E-state index contributed by atoms with van der Waals surface area (Å²) in [4.78, 5) is 15.7. The van der Waals surface area contributed by atoms with Crippen LogP contribution in [0.15, 0.2) is 4.52 Å². The molecule has 1 unspecified atom stereocenters. The fourth-order valence-corrected chi connectivity index (χ4v) is 2.43. The molecule has 2 rings (SSSR count). The molecule has 0 radical (unpaired) electrons. The number of aromatic nitrogens is 2. The second-order valence-electron chi connectivity index (χ2n) is 4.51. The number of nitrogens with zero attached hydrogens (tertiary/aromatic N) is 2. The molecule has 1 aliphatic rings. The van der Waals surface area contributed by atoms with Crippen LogP contribution in [0.2, 0.25) is 0 Å². The lowest BCUT2D eigenvalue weighted by atomic mass is 9.92. The maximum absolute atomic E-state index is 11.5. The molecule has 1 aromatic heterocycles. The van der Waals surface area contributed by atoms with Crippen molar-refractivity contribution in [3.63, 3.8) is 0 Å². The van der Waals surface area contributed by atoms with Crippen LogP contribution in [-0.2, 0) is 10.3 Å². The molecule has 2 heterocycles. The Balaban J connectivity index is 2.19. The molecule has 0 saturated carbocycles. The molecule has 1 fully saturated rings. The van der Waals surface area contributed by atoms with Crippen LogP contribution in [0.1, 0.15) is 56.0 Å². The van der Waals surface area contributed by atoms with Crippen LogP contribution in [0, 0.1) is 0 Å². The average Bonchev–Trinajstić information content (AvgIpc) is 2.98. The molecule has 0 aliphatic carbocycles. The van der Waals surface area contributed by atoms with E-state index in [0.29, 0.717) is 12.5 Å². The van der Waals surface area contributed by atoms with Crippen molar-refractivity contribution in [2.75, 3.05) is 13.2 Å². The van der Waals surface area contributed by atoms with Gasteiger partial charge in [-0.3, -0.25) is 0 Å². The highest BCUT2D eigenvalue weighted by Crippen LogP contribution is 2.34. The molecule has 0 aromatic carbocycles. The Kier molecular flexibility index (Phi) is 3.96. The van der Waals surface area contributed by atoms with Gasteiger partial charge < -0.3 is 14.6 Å². The summed E-state index contributed by atoms with van der Waals surface area (Å²) in [6.45, 7) is 5.11. The Morgan fingerprint density at radius 3 is 3.00 bits per heavy atom. The first-order valence-electron chi connectivity index (χ1n) is 6.48. The van der Waals surface area contributed by atoms with Gasteiger partial charge in [-0.05, 0) is 37.9 Å². The highest BCUT2D eigenvalue weighted by molar-refractivity contribution is 5.84. The molecule has 0 spiro atoms. The van der Waals surface area contributed by atoms with Gasteiger partial charge in [0.1, 0.15) is 0 Å². The van der Waals surface area contributed by atoms with Crippen molar-refractivity contribution in [2.45, 2.75) is 45.1 Å². The second kappa shape index (κ2) is 5.48. The maximum Gasteiger partial charge on any atom is 0.379 e. The highest BCUT2D eigenvalue weighted by atomic mass is 16.5. The minimum absolute atomic E-state index is 0.0102. The molecule has 0 amide bonds. The number of ether oxygens (including phenoxy) is 1. The molecule has 18 heavy (non-hydrogen) atoms. The van der Waals surface area contributed by atoms with Crippen LogP contribution < -0.4 is 5.32 Å². The Morgan fingerprint density at radius 1 is 1.56 bits per heavy atom. The van der Waals surface area contributed by atoms with Gasteiger partial charge in [-0.1, -0.05) is 13.3 Å². The van der Waals surface area contributed by atoms with Gasteiger partial charge >= 0.3 is 5.97 Å². The summed E-state index contributed by atoms with van der Waals surface area (Å²) < 4.78 is 10.1. The molecule has 6 nitrogen and oxygen atoms in total. The molecule has 1 aliphatic heterocycles. The molecule has 100 valence electrons. The fraction of sp³-hybridized carbons (Fsp3) is 0.750. The summed E-state index contributed by atoms with van der Waals surface area (Å²) in [6.07, 6.45) is 3.99. The standard InChI is InChI=1S/C12H19N3O3/c1-3-6-12(7-5-8-13-12)11-14-9(15-18-11)10(16)17-4-2/h13H,3-8H2,1-2H3. The first-order chi connectivity index (χ1) is 8.72. The third-order valence-corrected chi connectivity index (χ3v) is 3.21. The van der Waals surface area contributed by atoms with Gasteiger partial charge in [-0.15, -0.1) is 0 Å². The molecular weight excluding hydrogens is 234 g/mol. The number of rotatable bonds is 5. The fourth-order valence-electron chi connectivity index (χ4n) is 2.43. The summed E-state index contributed by atoms with van der Waals surface area (Å²) in [5.74, 6) is -0.0157. The first-order valence-corrected chi connectivity index (χ1v) is 6.48. The molecule has 1 N–H and O–H groups in total. The van der Waals surface area contributed by atoms with Gasteiger partial charge in [-0.25, -0.2) is 4.79 Å². The summed E-state index contributed by atoms with van der Waals surface area (Å²) in [6, 6.07) is 0. The van der Waals surface area contributed by atoms with Crippen LogP contribution >= 0.6 is 0 Å². The number of carbonyl (C=O) groups is 1. The number of nitrogens with one attached hydrogen (secondary N) is 1. The van der Waals surface area contributed by atoms with Crippen molar-refractivity contribution in [1.29, 1.82) is 0 Å². The summed E-state index contributed by atoms with van der Waals surface area (Å²) in [7, 11) is 0. The van der Waals surface area contributed by atoms with Crippen LogP contribution in [0.25, 0.3) is 0 Å². The zero-order valence-electron chi connectivity index (χ0n) is 10.9. The number of carbonyl (C=O) groups excluding carboxylic acids is 1. The first kappa shape index (κ1) is 13.0. The summed E-state index contributed by atoms with van der Waals surface area (Å²) in [5, 5.41) is 7.13. The lowest BCUT2D eigenvalue weighted by Crippen LogP contribution is -2.37. The van der Waals surface area contributed by atoms with E-state index in [-0.39, 0.29) is 11.4 Å². The Bertz CT molecular complexity index is 410. The van der Waals surface area contributed by atoms with Crippen molar-refractivity contribution in [1.82, 2.24) is 15.5 Å². The molecule has 1 aromatic rings. The van der Waals surface area contributed by atoms with Gasteiger partial charge in [0.15, 0.2) is 0 Å². The highest BCUT2D eigenvalue weighted by Gasteiger charge is 2.40. The number of hydrogen-bond donors (Lipinski definition) is 1. The van der Waals surface area contributed by atoms with Crippen molar-refractivity contribution < 1.29 is 14.1 Å². The van der Waals surface area contributed by atoms with E-state index in [2.05, 4.69) is 22.4 Å². The Hall–Kier alpha value is -1.43. The minimum atomic E-state index is -0.530. The number of hydrogen-bond acceptors (Lipinski definition) is 6. The SMILES string of the molecule is CCCC1(c2nc(C(=O)OCC)no2)CCCN1. The number of esters is 1. The van der Waals surface area contributed by atoms with Gasteiger partial charge in [0.05, 0.1) is 12.1 Å². The van der Waals surface area contributed by atoms with E-state index in [1.165, 1.54) is 0 Å². The summed E-state index contributed by atoms with van der Waals surface area (Å²) in [5.41, 5.74) is -0.257. The third kappa shape index (κ3) is 2.38. The van der Waals surface area contributed by atoms with Crippen molar-refractivity contribution >= 4 is 5.97 Å². The topological polar surface area (TPSA) is 77.2 Å². The van der Waals surface area contributed by atoms with Crippen molar-refractivity contribution in [3.8, 4) is 0 Å². The van der Waals surface area contributed by atoms with E-state index in [1.54, 1.807) is 6.92 Å². The molecule has 1 saturated heterocycles. The molecule has 1 atom stereocenters. The zero-order valence-corrected chi connectivity index (χ0v) is 10.9. The lowest BCUT2D eigenvalue weighted by molar-refractivity contribution is 0.0508. The van der Waals surface area contributed by atoms with Gasteiger partial charge in [0.25, 0.3) is 5.82 Å². The predicted molar refractivity (Wildman–Crippen MR) is 64.1 cm³/mol. The predicted octanol–water partition coefficient (Wildman–Crippen LogP) is 1.63.